The lowest BCUT2D eigenvalue weighted by Gasteiger charge is -2.33. The van der Waals surface area contributed by atoms with Gasteiger partial charge in [0.05, 0.1) is 23.5 Å². The van der Waals surface area contributed by atoms with Gasteiger partial charge in [-0.3, -0.25) is 0 Å². The number of thiophene rings is 4. The molecule has 0 fully saturated rings. The van der Waals surface area contributed by atoms with Crippen LogP contribution in [-0.2, 0) is 23.7 Å². The Kier molecular flexibility index (Phi) is 35.9. The van der Waals surface area contributed by atoms with E-state index in [0.717, 1.165) is 34.9 Å². The Hall–Kier alpha value is -6.24. The summed E-state index contributed by atoms with van der Waals surface area (Å²) >= 11 is 10.3. The maximum absolute atomic E-state index is 4.89. The first-order valence-electron chi connectivity index (χ1n) is 45.9. The zero-order chi connectivity index (χ0) is 81.8. The number of hydrogen-bond acceptors (Lipinski definition) is 10. The molecule has 0 spiro atoms. The van der Waals surface area contributed by atoms with Gasteiger partial charge in [-0.25, -0.2) is 0 Å². The van der Waals surface area contributed by atoms with Crippen molar-refractivity contribution in [2.24, 2.45) is 0 Å². The zero-order valence-electron chi connectivity index (χ0n) is 73.8. The second-order valence-corrected chi connectivity index (χ2v) is 40.3. The van der Waals surface area contributed by atoms with Gasteiger partial charge in [-0.1, -0.05) is 353 Å². The Bertz CT molecular complexity index is 4540. The van der Waals surface area contributed by atoms with Crippen LogP contribution < -0.4 is 0 Å². The molecule has 14 rings (SSSR count). The van der Waals surface area contributed by atoms with Crippen molar-refractivity contribution in [3.63, 3.8) is 0 Å². The van der Waals surface area contributed by atoms with E-state index in [-0.39, 0.29) is 10.8 Å². The van der Waals surface area contributed by atoms with Gasteiger partial charge in [0.25, 0.3) is 0 Å². The quantitative estimate of drug-likeness (QED) is 0.0358. The van der Waals surface area contributed by atoms with Crippen LogP contribution >= 0.6 is 68.8 Å². The first kappa shape index (κ1) is 90.5. The molecule has 10 heteroatoms. The van der Waals surface area contributed by atoms with Gasteiger partial charge in [-0.15, -0.1) is 45.3 Å². The lowest BCUT2D eigenvalue weighted by atomic mass is 9.70. The zero-order valence-corrected chi connectivity index (χ0v) is 78.7. The molecule has 0 bridgehead atoms. The molecule has 6 aromatic carbocycles. The van der Waals surface area contributed by atoms with Gasteiger partial charge in [-0.05, 0) is 210 Å². The maximum Gasteiger partial charge on any atom is 0.114 e. The van der Waals surface area contributed by atoms with Gasteiger partial charge in [0.15, 0.2) is 0 Å². The van der Waals surface area contributed by atoms with E-state index in [9.17, 15) is 0 Å². The highest BCUT2D eigenvalue weighted by atomic mass is 32.1. The number of hydrogen-bond donors (Lipinski definition) is 0. The fraction of sp³-hybridized carbons (Fsp3) is 0.509. The van der Waals surface area contributed by atoms with Crippen LogP contribution in [0.15, 0.2) is 133 Å². The normalized spacial score (nSPS) is 12.8. The number of benzene rings is 6. The SMILES string of the molecule is CCCCCCCCC1(CCCCCCCC)c2cc(C)ccc2-c2ccc(C)cc21.CCCCCCCCC1(CCCCCCCC)c2cc(C)ccc2-c2ccc(C)cc21.CCCCCCc1cc(-c2ccc(-c3cc(CCCCCC)c(-c4ccc(C)s4)s3)c3nsnc23)sc1-c1ccc(C)s1.Cc1ccc(C)c2nsnc12. The van der Waals surface area contributed by atoms with E-state index in [4.69, 9.17) is 8.75 Å². The van der Waals surface area contributed by atoms with Gasteiger partial charge < -0.3 is 0 Å². The minimum Gasteiger partial charge on any atom is -0.173 e. The second-order valence-electron chi connectivity index (χ2n) is 34.6. The van der Waals surface area contributed by atoms with E-state index in [1.807, 2.05) is 45.3 Å². The van der Waals surface area contributed by atoms with Crippen LogP contribution in [0.2, 0.25) is 0 Å². The summed E-state index contributed by atoms with van der Waals surface area (Å²) in [6.45, 7) is 31.4. The number of aromatic nitrogens is 4. The summed E-state index contributed by atoms with van der Waals surface area (Å²) in [6, 6.07) is 51.8. The fourth-order valence-corrected chi connectivity index (χ4v) is 24.2. The summed E-state index contributed by atoms with van der Waals surface area (Å²) in [5.41, 5.74) is 30.7. The summed E-state index contributed by atoms with van der Waals surface area (Å²) in [4.78, 5) is 11.0. The predicted octanol–water partition coefficient (Wildman–Crippen LogP) is 35.9. The molecule has 0 atom stereocenters. The molecule has 0 amide bonds. The number of fused-ring (bicyclic) bond motifs is 8. The van der Waals surface area contributed by atoms with Crippen molar-refractivity contribution < 1.29 is 0 Å². The van der Waals surface area contributed by atoms with Gasteiger partial charge in [0.1, 0.15) is 22.1 Å². The topological polar surface area (TPSA) is 51.6 Å². The molecule has 12 aromatic rings. The Morgan fingerprint density at radius 2 is 0.509 bits per heavy atom. The molecule has 6 heterocycles. The number of nitrogens with zero attached hydrogens (tertiary/aromatic N) is 4. The Morgan fingerprint density at radius 1 is 0.241 bits per heavy atom. The standard InChI is InChI=1S/C36H40N2S5.2C31H46.C8H8N2S/c1-5-7-9-11-13-25-21-31(41-35(25)29-19-15-23(3)39-29)27-17-18-28(34-33(27)37-43-38-34)32-22-26(14-12-10-8-6-2)36(42-32)30-20-16-24(4)40-30;2*1-5-7-9-11-13-15-21-31(22-16-14-12-10-8-6-2)29-23-25(3)17-19-27(29)28-20-18-26(4)24-30(28)31;1-5-3-4-6(2)8-7(5)9-11-10-8/h15-22H,5-14H2,1-4H3;2*17-20,23-24H,5-16,21-22H2,1-4H3;3-4H,1-2H3. The molecule has 2 aliphatic carbocycles. The molecule has 6 aromatic heterocycles. The van der Waals surface area contributed by atoms with Crippen LogP contribution in [-0.4, -0.2) is 17.5 Å². The minimum absolute atomic E-state index is 0.234. The smallest absolute Gasteiger partial charge is 0.114 e. The fourth-order valence-electron chi connectivity index (χ4n) is 18.5. The van der Waals surface area contributed by atoms with Crippen LogP contribution in [0.25, 0.3) is 84.7 Å². The van der Waals surface area contributed by atoms with Crippen molar-refractivity contribution in [3.8, 4) is 62.6 Å². The van der Waals surface area contributed by atoms with E-state index in [0.29, 0.717) is 0 Å². The van der Waals surface area contributed by atoms with Gasteiger partial charge >= 0.3 is 0 Å². The monoisotopic (exact) mass is 1660 g/mol. The third-order valence-electron chi connectivity index (χ3n) is 25.1. The molecular weight excluding hydrogens is 1520 g/mol. The molecule has 0 N–H and O–H groups in total. The first-order chi connectivity index (χ1) is 56.6. The number of rotatable bonds is 42. The van der Waals surface area contributed by atoms with Gasteiger partial charge in [-0.2, -0.15) is 17.5 Å². The molecular formula is C106H140N4S6. The first-order valence-corrected chi connectivity index (χ1v) is 50.6. The predicted molar refractivity (Wildman–Crippen MR) is 519 cm³/mol. The summed E-state index contributed by atoms with van der Waals surface area (Å²) in [5.74, 6) is 0. The van der Waals surface area contributed by atoms with E-state index in [1.165, 1.54) is 372 Å². The van der Waals surface area contributed by atoms with Crippen molar-refractivity contribution in [1.29, 1.82) is 0 Å². The van der Waals surface area contributed by atoms with E-state index < -0.39 is 0 Å². The van der Waals surface area contributed by atoms with Crippen molar-refractivity contribution in [2.45, 2.75) is 352 Å². The third-order valence-corrected chi connectivity index (χ3v) is 30.9. The number of unbranched alkanes of at least 4 members (excludes halogenated alkanes) is 26. The highest BCUT2D eigenvalue weighted by Gasteiger charge is 2.44. The lowest BCUT2D eigenvalue weighted by molar-refractivity contribution is 0.397. The van der Waals surface area contributed by atoms with Crippen molar-refractivity contribution in [3.05, 3.63) is 210 Å². The summed E-state index contributed by atoms with van der Waals surface area (Å²) in [7, 11) is 0. The summed E-state index contributed by atoms with van der Waals surface area (Å²) < 4.78 is 18.2. The highest BCUT2D eigenvalue weighted by molar-refractivity contribution is 7.24. The lowest BCUT2D eigenvalue weighted by Crippen LogP contribution is -2.25. The van der Waals surface area contributed by atoms with E-state index in [2.05, 4.69) is 239 Å². The molecule has 4 nitrogen and oxygen atoms in total. The van der Waals surface area contributed by atoms with Gasteiger partial charge in [0.2, 0.25) is 0 Å². The van der Waals surface area contributed by atoms with Crippen molar-refractivity contribution in [2.75, 3.05) is 0 Å². The van der Waals surface area contributed by atoms with Crippen molar-refractivity contribution >= 4 is 90.9 Å². The summed E-state index contributed by atoms with van der Waals surface area (Å²) in [5, 5.41) is 0. The maximum atomic E-state index is 4.89. The average molecular weight is 1660 g/mol. The molecule has 0 saturated heterocycles. The molecule has 116 heavy (non-hydrogen) atoms. The van der Waals surface area contributed by atoms with Crippen LogP contribution in [0.5, 0.6) is 0 Å². The molecule has 2 aliphatic rings. The highest BCUT2D eigenvalue weighted by Crippen LogP contribution is 2.57. The van der Waals surface area contributed by atoms with E-state index in [1.54, 1.807) is 22.3 Å². The Morgan fingerprint density at radius 3 is 0.793 bits per heavy atom. The molecule has 0 radical (unpaired) electrons. The van der Waals surface area contributed by atoms with Crippen LogP contribution in [0.1, 0.15) is 349 Å². The third kappa shape index (κ3) is 23.3. The molecule has 0 saturated carbocycles. The van der Waals surface area contributed by atoms with Crippen molar-refractivity contribution in [1.82, 2.24) is 17.5 Å². The Balaban J connectivity index is 0.000000163. The molecule has 0 aliphatic heterocycles. The molecule has 620 valence electrons. The van der Waals surface area contributed by atoms with Crippen LogP contribution in [0.4, 0.5) is 0 Å². The van der Waals surface area contributed by atoms with Crippen LogP contribution in [0, 0.1) is 55.4 Å². The minimum atomic E-state index is 0.234. The molecule has 0 unspecified atom stereocenters. The second kappa shape index (κ2) is 46.0. The largest absolute Gasteiger partial charge is 0.173 e. The number of aryl methyl sites for hydroxylation is 10. The Labute approximate surface area is 726 Å². The van der Waals surface area contributed by atoms with Gasteiger partial charge in [0, 0.05) is 61.0 Å². The van der Waals surface area contributed by atoms with Crippen LogP contribution in [0.3, 0.4) is 0 Å². The average Bonchev–Trinajstić information content (AvgIpc) is 1.57. The van der Waals surface area contributed by atoms with E-state index >= 15 is 0 Å². The summed E-state index contributed by atoms with van der Waals surface area (Å²) in [6.07, 6.45) is 51.0.